The average molecular weight is 191 g/mol. The van der Waals surface area contributed by atoms with Gasteiger partial charge in [-0.1, -0.05) is 13.8 Å². The van der Waals surface area contributed by atoms with Crippen LogP contribution in [0.5, 0.6) is 0 Å². The standard InChI is InChI=1S/C10H13N3O/c1-6(2)8-3-9-10(13-8)12-7(5-14)4-11-9/h3-4,6,14H,5H2,1-2H3,(H,12,13). The molecule has 0 atom stereocenters. The largest absolute Gasteiger partial charge is 0.390 e. The molecule has 0 saturated heterocycles. The van der Waals surface area contributed by atoms with Crippen LogP contribution in [0.25, 0.3) is 11.2 Å². The molecule has 2 N–H and O–H groups in total. The number of nitrogens with zero attached hydrogens (tertiary/aromatic N) is 2. The fourth-order valence-electron chi connectivity index (χ4n) is 1.34. The van der Waals surface area contributed by atoms with Crippen molar-refractivity contribution in [1.82, 2.24) is 15.0 Å². The molecule has 2 aromatic heterocycles. The Bertz CT molecular complexity index is 448. The third-order valence-corrected chi connectivity index (χ3v) is 2.19. The van der Waals surface area contributed by atoms with Gasteiger partial charge in [0, 0.05) is 5.69 Å². The zero-order valence-electron chi connectivity index (χ0n) is 8.28. The van der Waals surface area contributed by atoms with Gasteiger partial charge in [0.2, 0.25) is 0 Å². The SMILES string of the molecule is CC(C)c1cc2ncc(CO)nc2[nH]1. The summed E-state index contributed by atoms with van der Waals surface area (Å²) in [5, 5.41) is 8.90. The first-order chi connectivity index (χ1) is 6.70. The van der Waals surface area contributed by atoms with E-state index < -0.39 is 0 Å². The number of hydrogen-bond donors (Lipinski definition) is 2. The zero-order valence-corrected chi connectivity index (χ0v) is 8.28. The molecule has 0 aliphatic heterocycles. The summed E-state index contributed by atoms with van der Waals surface area (Å²) in [4.78, 5) is 11.6. The number of nitrogens with one attached hydrogen (secondary N) is 1. The number of aliphatic hydroxyl groups is 1. The van der Waals surface area contributed by atoms with E-state index in [-0.39, 0.29) is 6.61 Å². The van der Waals surface area contributed by atoms with E-state index in [1.165, 1.54) is 0 Å². The predicted molar refractivity (Wildman–Crippen MR) is 53.9 cm³/mol. The van der Waals surface area contributed by atoms with E-state index >= 15 is 0 Å². The minimum Gasteiger partial charge on any atom is -0.390 e. The summed E-state index contributed by atoms with van der Waals surface area (Å²) in [5.74, 6) is 0.434. The van der Waals surface area contributed by atoms with Gasteiger partial charge >= 0.3 is 0 Å². The molecule has 0 saturated carbocycles. The van der Waals surface area contributed by atoms with Gasteiger partial charge in [0.05, 0.1) is 18.5 Å². The first-order valence-corrected chi connectivity index (χ1v) is 4.66. The highest BCUT2D eigenvalue weighted by atomic mass is 16.3. The second-order valence-corrected chi connectivity index (χ2v) is 3.63. The summed E-state index contributed by atoms with van der Waals surface area (Å²) in [6.07, 6.45) is 1.60. The van der Waals surface area contributed by atoms with Crippen LogP contribution < -0.4 is 0 Å². The van der Waals surface area contributed by atoms with Crippen LogP contribution in [0.2, 0.25) is 0 Å². The fourth-order valence-corrected chi connectivity index (χ4v) is 1.34. The summed E-state index contributed by atoms with van der Waals surface area (Å²) in [7, 11) is 0. The van der Waals surface area contributed by atoms with Crippen molar-refractivity contribution in [2.75, 3.05) is 0 Å². The molecule has 2 rings (SSSR count). The van der Waals surface area contributed by atoms with Gasteiger partial charge in [-0.15, -0.1) is 0 Å². The van der Waals surface area contributed by atoms with Gasteiger partial charge in [-0.25, -0.2) is 4.98 Å². The number of rotatable bonds is 2. The monoisotopic (exact) mass is 191 g/mol. The van der Waals surface area contributed by atoms with Crippen molar-refractivity contribution in [3.63, 3.8) is 0 Å². The zero-order chi connectivity index (χ0) is 10.1. The van der Waals surface area contributed by atoms with Gasteiger partial charge in [0.1, 0.15) is 5.52 Å². The van der Waals surface area contributed by atoms with Crippen molar-refractivity contribution in [3.8, 4) is 0 Å². The van der Waals surface area contributed by atoms with Gasteiger partial charge in [-0.3, -0.25) is 4.98 Å². The Morgan fingerprint density at radius 1 is 1.50 bits per heavy atom. The van der Waals surface area contributed by atoms with Crippen molar-refractivity contribution in [2.24, 2.45) is 0 Å². The topological polar surface area (TPSA) is 61.8 Å². The minimum atomic E-state index is -0.0705. The van der Waals surface area contributed by atoms with E-state index in [1.807, 2.05) is 6.07 Å². The average Bonchev–Trinajstić information content (AvgIpc) is 2.59. The van der Waals surface area contributed by atoms with Crippen molar-refractivity contribution in [3.05, 3.63) is 23.7 Å². The molecule has 74 valence electrons. The minimum absolute atomic E-state index is 0.0705. The third-order valence-electron chi connectivity index (χ3n) is 2.19. The van der Waals surface area contributed by atoms with Crippen molar-refractivity contribution < 1.29 is 5.11 Å². The molecule has 2 heterocycles. The van der Waals surface area contributed by atoms with Crippen LogP contribution in [0.3, 0.4) is 0 Å². The van der Waals surface area contributed by atoms with E-state index in [0.29, 0.717) is 11.6 Å². The summed E-state index contributed by atoms with van der Waals surface area (Å²) in [6, 6.07) is 1.99. The smallest absolute Gasteiger partial charge is 0.156 e. The molecule has 4 nitrogen and oxygen atoms in total. The molecule has 0 unspecified atom stereocenters. The summed E-state index contributed by atoms with van der Waals surface area (Å²) in [5.41, 5.74) is 3.32. The van der Waals surface area contributed by atoms with E-state index in [9.17, 15) is 0 Å². The van der Waals surface area contributed by atoms with Crippen LogP contribution in [-0.4, -0.2) is 20.1 Å². The molecular weight excluding hydrogens is 178 g/mol. The highest BCUT2D eigenvalue weighted by Crippen LogP contribution is 2.17. The van der Waals surface area contributed by atoms with E-state index in [1.54, 1.807) is 6.20 Å². The van der Waals surface area contributed by atoms with Crippen LogP contribution in [0.1, 0.15) is 31.2 Å². The molecule has 0 amide bonds. The fraction of sp³-hybridized carbons (Fsp3) is 0.400. The maximum absolute atomic E-state index is 8.90. The maximum Gasteiger partial charge on any atom is 0.156 e. The highest BCUT2D eigenvalue weighted by molar-refractivity contribution is 5.71. The van der Waals surface area contributed by atoms with E-state index in [0.717, 1.165) is 16.9 Å². The molecular formula is C10H13N3O. The Labute approximate surface area is 82.0 Å². The van der Waals surface area contributed by atoms with Crippen LogP contribution >= 0.6 is 0 Å². The summed E-state index contributed by atoms with van der Waals surface area (Å²) in [6.45, 7) is 4.15. The molecule has 2 aromatic rings. The lowest BCUT2D eigenvalue weighted by Crippen LogP contribution is -1.91. The number of H-pyrrole nitrogens is 1. The van der Waals surface area contributed by atoms with Gasteiger partial charge in [0.15, 0.2) is 5.65 Å². The lowest BCUT2D eigenvalue weighted by molar-refractivity contribution is 0.277. The molecule has 14 heavy (non-hydrogen) atoms. The molecule has 0 bridgehead atoms. The lowest BCUT2D eigenvalue weighted by Gasteiger charge is -1.97. The van der Waals surface area contributed by atoms with Crippen molar-refractivity contribution in [1.29, 1.82) is 0 Å². The van der Waals surface area contributed by atoms with Gasteiger partial charge in [0.25, 0.3) is 0 Å². The molecule has 0 aliphatic rings. The van der Waals surface area contributed by atoms with Crippen molar-refractivity contribution in [2.45, 2.75) is 26.4 Å². The third kappa shape index (κ3) is 1.48. The summed E-state index contributed by atoms with van der Waals surface area (Å²) >= 11 is 0. The molecule has 0 radical (unpaired) electrons. The van der Waals surface area contributed by atoms with Crippen LogP contribution in [0, 0.1) is 0 Å². The molecule has 0 aliphatic carbocycles. The Balaban J connectivity index is 2.54. The van der Waals surface area contributed by atoms with Crippen molar-refractivity contribution >= 4 is 11.2 Å². The number of aromatic amines is 1. The number of hydrogen-bond acceptors (Lipinski definition) is 3. The normalized spacial score (nSPS) is 11.4. The van der Waals surface area contributed by atoms with Gasteiger partial charge in [-0.2, -0.15) is 0 Å². The second-order valence-electron chi connectivity index (χ2n) is 3.63. The van der Waals surface area contributed by atoms with Crippen LogP contribution in [0.4, 0.5) is 0 Å². The predicted octanol–water partition coefficient (Wildman–Crippen LogP) is 1.57. The molecule has 0 fully saturated rings. The summed E-state index contributed by atoms with van der Waals surface area (Å²) < 4.78 is 0. The Morgan fingerprint density at radius 3 is 2.93 bits per heavy atom. The van der Waals surface area contributed by atoms with Gasteiger partial charge < -0.3 is 10.1 Å². The Morgan fingerprint density at radius 2 is 2.29 bits per heavy atom. The number of aliphatic hydroxyl groups excluding tert-OH is 1. The van der Waals surface area contributed by atoms with E-state index in [4.69, 9.17) is 5.11 Å². The first kappa shape index (κ1) is 9.15. The first-order valence-electron chi connectivity index (χ1n) is 4.66. The second kappa shape index (κ2) is 3.38. The Kier molecular flexibility index (Phi) is 2.21. The molecule has 4 heteroatoms. The van der Waals surface area contributed by atoms with Gasteiger partial charge in [-0.05, 0) is 12.0 Å². The molecule has 0 spiro atoms. The maximum atomic E-state index is 8.90. The molecule has 0 aromatic carbocycles. The quantitative estimate of drug-likeness (QED) is 0.757. The number of aromatic nitrogens is 3. The van der Waals surface area contributed by atoms with E-state index in [2.05, 4.69) is 28.8 Å². The number of fused-ring (bicyclic) bond motifs is 1. The van der Waals surface area contributed by atoms with Crippen LogP contribution in [-0.2, 0) is 6.61 Å². The lowest BCUT2D eigenvalue weighted by atomic mass is 10.1. The highest BCUT2D eigenvalue weighted by Gasteiger charge is 2.06. The van der Waals surface area contributed by atoms with Crippen LogP contribution in [0.15, 0.2) is 12.3 Å². The Hall–Kier alpha value is -1.42.